The van der Waals surface area contributed by atoms with Crippen LogP contribution in [0.5, 0.6) is 0 Å². The van der Waals surface area contributed by atoms with E-state index in [4.69, 9.17) is 5.73 Å². The monoisotopic (exact) mass is 210 g/mol. The van der Waals surface area contributed by atoms with Crippen LogP contribution >= 0.6 is 0 Å². The van der Waals surface area contributed by atoms with Crippen LogP contribution in [0.4, 0.5) is 0 Å². The fourth-order valence-electron chi connectivity index (χ4n) is 2.28. The molecule has 0 aromatic rings. The lowest BCUT2D eigenvalue weighted by Crippen LogP contribution is -2.36. The SMILES string of the molecule is CC1(C)CCCC1C(=O)NC/C=C/CN. The third-order valence-corrected chi connectivity index (χ3v) is 3.27. The van der Waals surface area contributed by atoms with E-state index in [9.17, 15) is 4.79 Å². The lowest BCUT2D eigenvalue weighted by Gasteiger charge is -2.25. The molecule has 1 rings (SSSR count). The first-order chi connectivity index (χ1) is 7.08. The van der Waals surface area contributed by atoms with Crippen LogP contribution in [-0.2, 0) is 4.79 Å². The molecular weight excluding hydrogens is 188 g/mol. The van der Waals surface area contributed by atoms with E-state index in [0.29, 0.717) is 13.1 Å². The number of amides is 1. The first-order valence-corrected chi connectivity index (χ1v) is 5.70. The summed E-state index contributed by atoms with van der Waals surface area (Å²) in [6.45, 7) is 5.49. The van der Waals surface area contributed by atoms with Crippen LogP contribution in [0.2, 0.25) is 0 Å². The third-order valence-electron chi connectivity index (χ3n) is 3.27. The van der Waals surface area contributed by atoms with E-state index < -0.39 is 0 Å². The van der Waals surface area contributed by atoms with Gasteiger partial charge in [0.25, 0.3) is 0 Å². The first kappa shape index (κ1) is 12.2. The van der Waals surface area contributed by atoms with E-state index in [0.717, 1.165) is 12.8 Å². The summed E-state index contributed by atoms with van der Waals surface area (Å²) < 4.78 is 0. The van der Waals surface area contributed by atoms with E-state index in [1.165, 1.54) is 6.42 Å². The Morgan fingerprint density at radius 1 is 1.53 bits per heavy atom. The van der Waals surface area contributed by atoms with E-state index in [-0.39, 0.29) is 17.2 Å². The molecular formula is C12H22N2O. The number of hydrogen-bond acceptors (Lipinski definition) is 2. The topological polar surface area (TPSA) is 55.1 Å². The van der Waals surface area contributed by atoms with Gasteiger partial charge < -0.3 is 11.1 Å². The van der Waals surface area contributed by atoms with Gasteiger partial charge in [-0.15, -0.1) is 0 Å². The normalized spacial score (nSPS) is 24.6. The molecule has 1 fully saturated rings. The molecule has 0 aromatic heterocycles. The van der Waals surface area contributed by atoms with Crippen molar-refractivity contribution in [3.63, 3.8) is 0 Å². The quantitative estimate of drug-likeness (QED) is 0.690. The average Bonchev–Trinajstić information content (AvgIpc) is 2.52. The zero-order valence-corrected chi connectivity index (χ0v) is 9.75. The number of nitrogens with two attached hydrogens (primary N) is 1. The number of hydrogen-bond donors (Lipinski definition) is 2. The highest BCUT2D eigenvalue weighted by atomic mass is 16.1. The summed E-state index contributed by atoms with van der Waals surface area (Å²) in [5.41, 5.74) is 5.48. The minimum absolute atomic E-state index is 0.168. The molecule has 0 radical (unpaired) electrons. The molecule has 1 aliphatic rings. The second-order valence-corrected chi connectivity index (χ2v) is 4.89. The molecule has 3 nitrogen and oxygen atoms in total. The largest absolute Gasteiger partial charge is 0.352 e. The van der Waals surface area contributed by atoms with Crippen LogP contribution in [0.3, 0.4) is 0 Å². The van der Waals surface area contributed by atoms with Crippen LogP contribution < -0.4 is 11.1 Å². The van der Waals surface area contributed by atoms with Gasteiger partial charge in [-0.05, 0) is 18.3 Å². The van der Waals surface area contributed by atoms with Gasteiger partial charge in [-0.2, -0.15) is 0 Å². The zero-order valence-electron chi connectivity index (χ0n) is 9.75. The van der Waals surface area contributed by atoms with Gasteiger partial charge in [0, 0.05) is 19.0 Å². The average molecular weight is 210 g/mol. The van der Waals surface area contributed by atoms with E-state index in [1.807, 2.05) is 12.2 Å². The van der Waals surface area contributed by atoms with Gasteiger partial charge in [0.1, 0.15) is 0 Å². The van der Waals surface area contributed by atoms with Gasteiger partial charge in [0.2, 0.25) is 5.91 Å². The third kappa shape index (κ3) is 3.34. The molecule has 1 atom stereocenters. The zero-order chi connectivity index (χ0) is 11.3. The molecule has 1 amide bonds. The van der Waals surface area contributed by atoms with Gasteiger partial charge in [0.15, 0.2) is 0 Å². The second kappa shape index (κ2) is 5.31. The molecule has 1 saturated carbocycles. The van der Waals surface area contributed by atoms with Crippen LogP contribution in [0.1, 0.15) is 33.1 Å². The van der Waals surface area contributed by atoms with Gasteiger partial charge >= 0.3 is 0 Å². The molecule has 0 bridgehead atoms. The van der Waals surface area contributed by atoms with E-state index in [1.54, 1.807) is 0 Å². The summed E-state index contributed by atoms with van der Waals surface area (Å²) >= 11 is 0. The highest BCUT2D eigenvalue weighted by Gasteiger charge is 2.38. The second-order valence-electron chi connectivity index (χ2n) is 4.89. The maximum atomic E-state index is 11.8. The molecule has 0 aliphatic heterocycles. The fraction of sp³-hybridized carbons (Fsp3) is 0.750. The summed E-state index contributed by atoms with van der Waals surface area (Å²) in [7, 11) is 0. The number of carbonyl (C=O) groups excluding carboxylic acids is 1. The van der Waals surface area contributed by atoms with Crippen LogP contribution in [0.15, 0.2) is 12.2 Å². The Morgan fingerprint density at radius 3 is 2.80 bits per heavy atom. The maximum absolute atomic E-state index is 11.8. The highest BCUT2D eigenvalue weighted by Crippen LogP contribution is 2.42. The van der Waals surface area contributed by atoms with Crippen molar-refractivity contribution in [3.8, 4) is 0 Å². The Kier molecular flexibility index (Phi) is 4.33. The summed E-state index contributed by atoms with van der Waals surface area (Å²) in [6.07, 6.45) is 7.12. The summed E-state index contributed by atoms with van der Waals surface area (Å²) in [5.74, 6) is 0.378. The minimum atomic E-state index is 0.168. The van der Waals surface area contributed by atoms with Gasteiger partial charge in [-0.1, -0.05) is 32.4 Å². The van der Waals surface area contributed by atoms with Crippen molar-refractivity contribution in [3.05, 3.63) is 12.2 Å². The number of nitrogens with one attached hydrogen (secondary N) is 1. The Balaban J connectivity index is 2.37. The van der Waals surface area contributed by atoms with Crippen molar-refractivity contribution in [1.29, 1.82) is 0 Å². The van der Waals surface area contributed by atoms with Crippen molar-refractivity contribution < 1.29 is 4.79 Å². The van der Waals surface area contributed by atoms with Crippen molar-refractivity contribution in [2.24, 2.45) is 17.1 Å². The predicted octanol–water partition coefficient (Wildman–Crippen LogP) is 1.44. The van der Waals surface area contributed by atoms with Crippen molar-refractivity contribution in [2.45, 2.75) is 33.1 Å². The van der Waals surface area contributed by atoms with Crippen LogP contribution in [0, 0.1) is 11.3 Å². The Bertz CT molecular complexity index is 246. The van der Waals surface area contributed by atoms with E-state index in [2.05, 4.69) is 19.2 Å². The summed E-state index contributed by atoms with van der Waals surface area (Å²) in [4.78, 5) is 11.8. The van der Waals surface area contributed by atoms with Crippen LogP contribution in [0.25, 0.3) is 0 Å². The Labute approximate surface area is 92.1 Å². The number of carbonyl (C=O) groups is 1. The molecule has 1 aliphatic carbocycles. The molecule has 86 valence electrons. The van der Waals surface area contributed by atoms with Crippen molar-refractivity contribution in [2.75, 3.05) is 13.1 Å². The van der Waals surface area contributed by atoms with Crippen molar-refractivity contribution in [1.82, 2.24) is 5.32 Å². The Hall–Kier alpha value is -0.830. The maximum Gasteiger partial charge on any atom is 0.223 e. The van der Waals surface area contributed by atoms with E-state index >= 15 is 0 Å². The highest BCUT2D eigenvalue weighted by molar-refractivity contribution is 5.79. The molecule has 0 heterocycles. The van der Waals surface area contributed by atoms with Gasteiger partial charge in [0.05, 0.1) is 0 Å². The first-order valence-electron chi connectivity index (χ1n) is 5.70. The lowest BCUT2D eigenvalue weighted by atomic mass is 9.81. The van der Waals surface area contributed by atoms with Crippen molar-refractivity contribution >= 4 is 5.91 Å². The summed E-state index contributed by atoms with van der Waals surface area (Å²) in [6, 6.07) is 0. The fourth-order valence-corrected chi connectivity index (χ4v) is 2.28. The van der Waals surface area contributed by atoms with Gasteiger partial charge in [-0.3, -0.25) is 4.79 Å². The van der Waals surface area contributed by atoms with Gasteiger partial charge in [-0.25, -0.2) is 0 Å². The predicted molar refractivity (Wildman–Crippen MR) is 62.3 cm³/mol. The molecule has 3 heteroatoms. The number of rotatable bonds is 4. The summed E-state index contributed by atoms with van der Waals surface area (Å²) in [5, 5.41) is 2.93. The standard InChI is InChI=1S/C12H22N2O/c1-12(2)7-5-6-10(12)11(15)14-9-4-3-8-13/h3-4,10H,5-9,13H2,1-2H3,(H,14,15)/b4-3+. The smallest absolute Gasteiger partial charge is 0.223 e. The minimum Gasteiger partial charge on any atom is -0.352 e. The van der Waals surface area contributed by atoms with Crippen LogP contribution in [-0.4, -0.2) is 19.0 Å². The molecule has 1 unspecified atom stereocenters. The Morgan fingerprint density at radius 2 is 2.27 bits per heavy atom. The molecule has 15 heavy (non-hydrogen) atoms. The molecule has 0 spiro atoms. The molecule has 0 aromatic carbocycles. The lowest BCUT2D eigenvalue weighted by molar-refractivity contribution is -0.127. The molecule has 0 saturated heterocycles. The molecule has 3 N–H and O–H groups in total.